The highest BCUT2D eigenvalue weighted by Gasteiger charge is 2.11. The van der Waals surface area contributed by atoms with Crippen molar-refractivity contribution in [2.75, 3.05) is 14.2 Å². The number of ether oxygens (including phenoxy) is 2. The molecule has 6 heteroatoms. The highest BCUT2D eigenvalue weighted by Crippen LogP contribution is 2.33. The first-order chi connectivity index (χ1) is 8.78. The molecule has 2 N–H and O–H groups in total. The molecule has 0 fully saturated rings. The van der Waals surface area contributed by atoms with Crippen molar-refractivity contribution in [3.63, 3.8) is 0 Å². The molecule has 0 aliphatic rings. The average molecular weight is 266 g/mol. The summed E-state index contributed by atoms with van der Waals surface area (Å²) >= 11 is 1.49. The quantitative estimate of drug-likeness (QED) is 0.840. The van der Waals surface area contributed by atoms with Crippen LogP contribution in [-0.2, 0) is 11.4 Å². The van der Waals surface area contributed by atoms with Gasteiger partial charge in [-0.1, -0.05) is 0 Å². The molecule has 18 heavy (non-hydrogen) atoms. The van der Waals surface area contributed by atoms with E-state index in [2.05, 4.69) is 9.82 Å². The first-order valence-corrected chi connectivity index (χ1v) is 6.15. The average Bonchev–Trinajstić information content (AvgIpc) is 2.87. The number of thiazole rings is 1. The van der Waals surface area contributed by atoms with E-state index in [9.17, 15) is 0 Å². The number of rotatable bonds is 5. The Kier molecular flexibility index (Phi) is 4.14. The fourth-order valence-corrected chi connectivity index (χ4v) is 2.30. The number of aromatic nitrogens is 1. The van der Waals surface area contributed by atoms with Gasteiger partial charge in [0.15, 0.2) is 0 Å². The van der Waals surface area contributed by atoms with Crippen LogP contribution in [0.25, 0.3) is 11.3 Å². The van der Waals surface area contributed by atoms with E-state index in [1.165, 1.54) is 11.3 Å². The van der Waals surface area contributed by atoms with Crippen LogP contribution in [0.4, 0.5) is 0 Å². The molecule has 0 aliphatic carbocycles. The Morgan fingerprint density at radius 3 is 2.78 bits per heavy atom. The Bertz CT molecular complexity index is 528. The predicted molar refractivity (Wildman–Crippen MR) is 69.6 cm³/mol. The Morgan fingerprint density at radius 1 is 1.28 bits per heavy atom. The maximum absolute atomic E-state index is 5.32. The molecule has 0 amide bonds. The number of methoxy groups -OCH3 is 2. The Labute approximate surface area is 109 Å². The lowest BCUT2D eigenvalue weighted by Crippen LogP contribution is -1.98. The maximum Gasteiger partial charge on any atom is 0.128 e. The van der Waals surface area contributed by atoms with Crippen LogP contribution in [0.2, 0.25) is 0 Å². The SMILES string of the molecule is COc1ccc(OC)c(-c2csc(CON)n2)c1. The molecule has 0 atom stereocenters. The molecule has 0 saturated carbocycles. The normalized spacial score (nSPS) is 10.4. The van der Waals surface area contributed by atoms with Crippen LogP contribution in [0.15, 0.2) is 23.6 Å². The fourth-order valence-electron chi connectivity index (χ4n) is 1.59. The molecule has 0 bridgehead atoms. The lowest BCUT2D eigenvalue weighted by molar-refractivity contribution is 0.124. The molecule has 5 nitrogen and oxygen atoms in total. The predicted octanol–water partition coefficient (Wildman–Crippen LogP) is 2.22. The van der Waals surface area contributed by atoms with E-state index in [-0.39, 0.29) is 0 Å². The van der Waals surface area contributed by atoms with E-state index >= 15 is 0 Å². The van der Waals surface area contributed by atoms with Crippen molar-refractivity contribution in [1.82, 2.24) is 4.98 Å². The lowest BCUT2D eigenvalue weighted by atomic mass is 10.1. The molecule has 2 rings (SSSR count). The zero-order chi connectivity index (χ0) is 13.0. The molecular formula is C12H14N2O3S. The highest BCUT2D eigenvalue weighted by molar-refractivity contribution is 7.09. The molecule has 0 aliphatic heterocycles. The molecule has 0 radical (unpaired) electrons. The summed E-state index contributed by atoms with van der Waals surface area (Å²) < 4.78 is 10.5. The van der Waals surface area contributed by atoms with Crippen LogP contribution in [0.3, 0.4) is 0 Å². The second-order valence-electron chi connectivity index (χ2n) is 3.50. The minimum Gasteiger partial charge on any atom is -0.497 e. The molecule has 0 spiro atoms. The van der Waals surface area contributed by atoms with Crippen molar-refractivity contribution in [2.45, 2.75) is 6.61 Å². The van der Waals surface area contributed by atoms with Crippen molar-refractivity contribution < 1.29 is 14.3 Å². The van der Waals surface area contributed by atoms with Crippen molar-refractivity contribution in [3.05, 3.63) is 28.6 Å². The molecule has 1 heterocycles. The highest BCUT2D eigenvalue weighted by atomic mass is 32.1. The summed E-state index contributed by atoms with van der Waals surface area (Å²) in [5.74, 6) is 6.54. The number of hydrogen-bond acceptors (Lipinski definition) is 6. The summed E-state index contributed by atoms with van der Waals surface area (Å²) in [4.78, 5) is 9.00. The van der Waals surface area contributed by atoms with E-state index in [4.69, 9.17) is 15.4 Å². The minimum atomic E-state index is 0.303. The Hall–Kier alpha value is -1.63. The first kappa shape index (κ1) is 12.8. The van der Waals surface area contributed by atoms with Gasteiger partial charge in [0.2, 0.25) is 0 Å². The van der Waals surface area contributed by atoms with Crippen molar-refractivity contribution in [2.24, 2.45) is 5.90 Å². The van der Waals surface area contributed by atoms with Gasteiger partial charge >= 0.3 is 0 Å². The van der Waals surface area contributed by atoms with Gasteiger partial charge in [-0.25, -0.2) is 10.9 Å². The fraction of sp³-hybridized carbons (Fsp3) is 0.250. The van der Waals surface area contributed by atoms with Gasteiger partial charge in [0.25, 0.3) is 0 Å². The monoisotopic (exact) mass is 266 g/mol. The summed E-state index contributed by atoms with van der Waals surface area (Å²) in [5.41, 5.74) is 1.71. The van der Waals surface area contributed by atoms with Crippen molar-refractivity contribution in [1.29, 1.82) is 0 Å². The Morgan fingerprint density at radius 2 is 2.11 bits per heavy atom. The number of nitrogens with two attached hydrogens (primary N) is 1. The van der Waals surface area contributed by atoms with E-state index < -0.39 is 0 Å². The smallest absolute Gasteiger partial charge is 0.128 e. The van der Waals surface area contributed by atoms with Crippen molar-refractivity contribution >= 4 is 11.3 Å². The molecule has 1 aromatic carbocycles. The zero-order valence-corrected chi connectivity index (χ0v) is 11.0. The van der Waals surface area contributed by atoms with Gasteiger partial charge in [0.05, 0.1) is 19.9 Å². The van der Waals surface area contributed by atoms with E-state index in [0.29, 0.717) is 6.61 Å². The van der Waals surface area contributed by atoms with Crippen LogP contribution in [0.5, 0.6) is 11.5 Å². The third-order valence-electron chi connectivity index (χ3n) is 2.44. The molecule has 2 aromatic rings. The van der Waals surface area contributed by atoms with Crippen LogP contribution >= 0.6 is 11.3 Å². The van der Waals surface area contributed by atoms with Crippen molar-refractivity contribution in [3.8, 4) is 22.8 Å². The number of hydrogen-bond donors (Lipinski definition) is 1. The summed E-state index contributed by atoms with van der Waals surface area (Å²) in [5, 5.41) is 2.75. The molecule has 96 valence electrons. The van der Waals surface area contributed by atoms with Crippen LogP contribution in [0, 0.1) is 0 Å². The summed E-state index contributed by atoms with van der Waals surface area (Å²) in [6, 6.07) is 5.59. The lowest BCUT2D eigenvalue weighted by Gasteiger charge is -2.08. The van der Waals surface area contributed by atoms with Gasteiger partial charge in [0, 0.05) is 10.9 Å². The summed E-state index contributed by atoms with van der Waals surface area (Å²) in [7, 11) is 3.25. The number of benzene rings is 1. The third-order valence-corrected chi connectivity index (χ3v) is 3.26. The van der Waals surface area contributed by atoms with E-state index in [0.717, 1.165) is 27.8 Å². The second-order valence-corrected chi connectivity index (χ2v) is 4.45. The van der Waals surface area contributed by atoms with Gasteiger partial charge < -0.3 is 9.47 Å². The molecule has 1 aromatic heterocycles. The van der Waals surface area contributed by atoms with Crippen LogP contribution < -0.4 is 15.4 Å². The Balaban J connectivity index is 2.40. The van der Waals surface area contributed by atoms with Crippen LogP contribution in [-0.4, -0.2) is 19.2 Å². The molecule has 0 saturated heterocycles. The summed E-state index contributed by atoms with van der Waals surface area (Å²) in [6.07, 6.45) is 0. The second kappa shape index (κ2) is 5.81. The third kappa shape index (κ3) is 2.61. The van der Waals surface area contributed by atoms with E-state index in [1.54, 1.807) is 14.2 Å². The topological polar surface area (TPSA) is 66.6 Å². The van der Waals surface area contributed by atoms with Gasteiger partial charge in [0.1, 0.15) is 23.1 Å². The molecular weight excluding hydrogens is 252 g/mol. The van der Waals surface area contributed by atoms with E-state index in [1.807, 2.05) is 23.6 Å². The number of nitrogens with zero attached hydrogens (tertiary/aromatic N) is 1. The van der Waals surface area contributed by atoms with Gasteiger partial charge in [-0.15, -0.1) is 11.3 Å². The molecule has 0 unspecified atom stereocenters. The maximum atomic E-state index is 5.32. The largest absolute Gasteiger partial charge is 0.497 e. The van der Waals surface area contributed by atoms with Gasteiger partial charge in [-0.2, -0.15) is 0 Å². The first-order valence-electron chi connectivity index (χ1n) is 5.27. The van der Waals surface area contributed by atoms with Gasteiger partial charge in [-0.3, -0.25) is 4.84 Å². The summed E-state index contributed by atoms with van der Waals surface area (Å²) in [6.45, 7) is 0.303. The van der Waals surface area contributed by atoms with Gasteiger partial charge in [-0.05, 0) is 18.2 Å². The minimum absolute atomic E-state index is 0.303. The van der Waals surface area contributed by atoms with Crippen LogP contribution in [0.1, 0.15) is 5.01 Å². The zero-order valence-electron chi connectivity index (χ0n) is 10.2. The standard InChI is InChI=1S/C12H14N2O3S/c1-15-8-3-4-11(16-2)9(5-8)10-7-18-12(14-10)6-17-13/h3-5,7H,6,13H2,1-2H3.